The Labute approximate surface area is 112 Å². The Kier molecular flexibility index (Phi) is 4.39. The van der Waals surface area contributed by atoms with E-state index in [0.717, 1.165) is 23.1 Å². The number of hydrogen-bond acceptors (Lipinski definition) is 1. The smallest absolute Gasteiger partial charge is 0.127 e. The number of halogens is 3. The molecule has 0 spiro atoms. The van der Waals surface area contributed by atoms with Crippen molar-refractivity contribution >= 4 is 31.9 Å². The normalized spacial score (nSPS) is 22.3. The van der Waals surface area contributed by atoms with Crippen molar-refractivity contribution in [3.63, 3.8) is 0 Å². The molecule has 1 aliphatic rings. The molecule has 1 heterocycles. The second kappa shape index (κ2) is 5.61. The van der Waals surface area contributed by atoms with Gasteiger partial charge in [-0.1, -0.05) is 31.9 Å². The third-order valence-electron chi connectivity index (χ3n) is 2.85. The van der Waals surface area contributed by atoms with Crippen LogP contribution in [0.25, 0.3) is 0 Å². The number of alkyl halides is 1. The highest BCUT2D eigenvalue weighted by atomic mass is 79.9. The zero-order valence-corrected chi connectivity index (χ0v) is 12.1. The van der Waals surface area contributed by atoms with Crippen LogP contribution in [0.4, 0.5) is 4.39 Å². The lowest BCUT2D eigenvalue weighted by Gasteiger charge is -2.30. The first kappa shape index (κ1) is 12.5. The molecule has 0 saturated carbocycles. The van der Waals surface area contributed by atoms with Gasteiger partial charge in [0.25, 0.3) is 0 Å². The van der Waals surface area contributed by atoms with Crippen molar-refractivity contribution in [2.45, 2.75) is 24.2 Å². The first-order valence-electron chi connectivity index (χ1n) is 5.45. The summed E-state index contributed by atoms with van der Waals surface area (Å²) < 4.78 is 14.5. The molecule has 1 fully saturated rings. The fraction of sp³-hybridized carbons (Fsp3) is 0.500. The minimum Gasteiger partial charge on any atom is -0.298 e. The summed E-state index contributed by atoms with van der Waals surface area (Å²) in [7, 11) is 0. The van der Waals surface area contributed by atoms with Crippen LogP contribution in [0.1, 0.15) is 18.4 Å². The molecule has 0 aromatic heterocycles. The van der Waals surface area contributed by atoms with Crippen LogP contribution < -0.4 is 0 Å². The third kappa shape index (κ3) is 3.28. The number of hydrogen-bond donors (Lipinski definition) is 0. The van der Waals surface area contributed by atoms with Crippen molar-refractivity contribution in [1.29, 1.82) is 0 Å². The van der Waals surface area contributed by atoms with Crippen LogP contribution in [0, 0.1) is 5.82 Å². The molecule has 0 amide bonds. The van der Waals surface area contributed by atoms with Gasteiger partial charge in [0.05, 0.1) is 0 Å². The summed E-state index contributed by atoms with van der Waals surface area (Å²) in [5, 5.41) is 0. The van der Waals surface area contributed by atoms with Crippen molar-refractivity contribution in [3.05, 3.63) is 34.1 Å². The van der Waals surface area contributed by atoms with Crippen LogP contribution in [0.3, 0.4) is 0 Å². The Hall–Kier alpha value is 0.0700. The Balaban J connectivity index is 2.05. The van der Waals surface area contributed by atoms with Crippen molar-refractivity contribution in [2.75, 3.05) is 13.1 Å². The van der Waals surface area contributed by atoms with E-state index in [0.29, 0.717) is 11.4 Å². The van der Waals surface area contributed by atoms with Crippen LogP contribution in [-0.2, 0) is 6.54 Å². The van der Waals surface area contributed by atoms with Gasteiger partial charge in [0.2, 0.25) is 0 Å². The number of benzene rings is 1. The molecule has 0 bridgehead atoms. The molecule has 4 heteroatoms. The molecule has 1 atom stereocenters. The highest BCUT2D eigenvalue weighted by molar-refractivity contribution is 9.10. The van der Waals surface area contributed by atoms with E-state index in [1.807, 2.05) is 6.07 Å². The average molecular weight is 351 g/mol. The van der Waals surface area contributed by atoms with Gasteiger partial charge < -0.3 is 0 Å². The second-order valence-corrected chi connectivity index (χ2v) is 6.42. The van der Waals surface area contributed by atoms with E-state index in [1.165, 1.54) is 18.9 Å². The largest absolute Gasteiger partial charge is 0.298 e. The maximum Gasteiger partial charge on any atom is 0.127 e. The Morgan fingerprint density at radius 3 is 3.00 bits per heavy atom. The predicted molar refractivity (Wildman–Crippen MR) is 71.3 cm³/mol. The molecule has 16 heavy (non-hydrogen) atoms. The summed E-state index contributed by atoms with van der Waals surface area (Å²) in [6.45, 7) is 2.77. The van der Waals surface area contributed by atoms with E-state index < -0.39 is 0 Å². The second-order valence-electron chi connectivity index (χ2n) is 4.21. The van der Waals surface area contributed by atoms with E-state index in [2.05, 4.69) is 36.8 Å². The molecule has 0 aliphatic carbocycles. The molecule has 1 aliphatic heterocycles. The summed E-state index contributed by atoms with van der Waals surface area (Å²) in [5.41, 5.74) is 0.774. The van der Waals surface area contributed by atoms with Crippen LogP contribution in [-0.4, -0.2) is 22.8 Å². The van der Waals surface area contributed by atoms with Gasteiger partial charge in [0.15, 0.2) is 0 Å². The van der Waals surface area contributed by atoms with Gasteiger partial charge in [-0.3, -0.25) is 4.90 Å². The quantitative estimate of drug-likeness (QED) is 0.730. The lowest BCUT2D eigenvalue weighted by Crippen LogP contribution is -2.35. The van der Waals surface area contributed by atoms with Gasteiger partial charge >= 0.3 is 0 Å². The van der Waals surface area contributed by atoms with Crippen LogP contribution >= 0.6 is 31.9 Å². The van der Waals surface area contributed by atoms with Gasteiger partial charge in [0, 0.05) is 28.0 Å². The zero-order valence-electron chi connectivity index (χ0n) is 8.93. The minimum atomic E-state index is -0.111. The lowest BCUT2D eigenvalue weighted by atomic mass is 10.1. The summed E-state index contributed by atoms with van der Waals surface area (Å²) in [4.78, 5) is 2.85. The number of rotatable bonds is 2. The van der Waals surface area contributed by atoms with Crippen LogP contribution in [0.15, 0.2) is 22.7 Å². The summed E-state index contributed by atoms with van der Waals surface area (Å²) in [6, 6.07) is 5.13. The minimum absolute atomic E-state index is 0.111. The molecule has 1 saturated heterocycles. The van der Waals surface area contributed by atoms with E-state index in [9.17, 15) is 4.39 Å². The van der Waals surface area contributed by atoms with E-state index in [1.54, 1.807) is 6.07 Å². The monoisotopic (exact) mass is 349 g/mol. The molecule has 0 N–H and O–H groups in total. The Morgan fingerprint density at radius 2 is 2.25 bits per heavy atom. The van der Waals surface area contributed by atoms with Gasteiger partial charge in [-0.15, -0.1) is 0 Å². The maximum atomic E-state index is 13.6. The summed E-state index contributed by atoms with van der Waals surface area (Å²) in [5.74, 6) is -0.111. The molecular formula is C12H14Br2FN. The molecular weight excluding hydrogens is 337 g/mol. The molecule has 2 rings (SSSR count). The topological polar surface area (TPSA) is 3.24 Å². The molecule has 0 radical (unpaired) electrons. The van der Waals surface area contributed by atoms with Gasteiger partial charge in [-0.25, -0.2) is 4.39 Å². The van der Waals surface area contributed by atoms with E-state index in [4.69, 9.17) is 0 Å². The fourth-order valence-corrected chi connectivity index (χ4v) is 3.19. The Bertz CT molecular complexity index is 370. The third-order valence-corrected chi connectivity index (χ3v) is 4.09. The molecule has 88 valence electrons. The molecule has 1 unspecified atom stereocenters. The highest BCUT2D eigenvalue weighted by Crippen LogP contribution is 2.21. The summed E-state index contributed by atoms with van der Waals surface area (Å²) in [6.07, 6.45) is 2.41. The van der Waals surface area contributed by atoms with Gasteiger partial charge in [0.1, 0.15) is 5.82 Å². The van der Waals surface area contributed by atoms with Crippen molar-refractivity contribution in [2.24, 2.45) is 0 Å². The molecule has 1 aromatic rings. The van der Waals surface area contributed by atoms with Crippen LogP contribution in [0.5, 0.6) is 0 Å². The number of piperidine rings is 1. The van der Waals surface area contributed by atoms with Gasteiger partial charge in [-0.05, 0) is 37.6 Å². The standard InChI is InChI=1S/C12H14Br2FN/c13-10-3-4-12(15)9(6-10)7-16-5-1-2-11(14)8-16/h3-4,6,11H,1-2,5,7-8H2. The molecule has 1 nitrogen and oxygen atoms in total. The lowest BCUT2D eigenvalue weighted by molar-refractivity contribution is 0.225. The SMILES string of the molecule is Fc1ccc(Br)cc1CN1CCCC(Br)C1. The highest BCUT2D eigenvalue weighted by Gasteiger charge is 2.18. The molecule has 1 aromatic carbocycles. The maximum absolute atomic E-state index is 13.6. The zero-order chi connectivity index (χ0) is 11.5. The predicted octanol–water partition coefficient (Wildman–Crippen LogP) is 3.95. The number of likely N-dealkylation sites (tertiary alicyclic amines) is 1. The van der Waals surface area contributed by atoms with Gasteiger partial charge in [-0.2, -0.15) is 0 Å². The van der Waals surface area contributed by atoms with E-state index in [-0.39, 0.29) is 5.82 Å². The van der Waals surface area contributed by atoms with Crippen molar-refractivity contribution < 1.29 is 4.39 Å². The Morgan fingerprint density at radius 1 is 1.44 bits per heavy atom. The number of nitrogens with zero attached hydrogens (tertiary/aromatic N) is 1. The summed E-state index contributed by atoms with van der Waals surface area (Å²) >= 11 is 7.01. The first-order valence-corrected chi connectivity index (χ1v) is 7.16. The first-order chi connectivity index (χ1) is 7.65. The fourth-order valence-electron chi connectivity index (χ4n) is 2.05. The van der Waals surface area contributed by atoms with E-state index >= 15 is 0 Å². The van der Waals surface area contributed by atoms with Crippen molar-refractivity contribution in [3.8, 4) is 0 Å². The van der Waals surface area contributed by atoms with Crippen LogP contribution in [0.2, 0.25) is 0 Å². The van der Waals surface area contributed by atoms with Crippen molar-refractivity contribution in [1.82, 2.24) is 4.90 Å². The average Bonchev–Trinajstić information content (AvgIpc) is 2.24.